The first-order valence-electron chi connectivity index (χ1n) is 12.9. The minimum atomic E-state index is -0.738. The predicted octanol–water partition coefficient (Wildman–Crippen LogP) is 5.43. The maximum absolute atomic E-state index is 14.0. The fraction of sp³-hybridized carbons (Fsp3) is 0.100. The van der Waals surface area contributed by atoms with E-state index in [4.69, 9.17) is 16.0 Å². The molecule has 0 spiro atoms. The second kappa shape index (κ2) is 12.0. The zero-order chi connectivity index (χ0) is 30.2. The number of H-pyrrole nitrogens is 1. The summed E-state index contributed by atoms with van der Waals surface area (Å²) in [5.74, 6) is 0.0524. The highest BCUT2D eigenvalue weighted by molar-refractivity contribution is 9.10. The van der Waals surface area contributed by atoms with Gasteiger partial charge in [-0.3, -0.25) is 19.0 Å². The number of carbonyl (C=O) groups is 1. The molecular weight excluding hydrogens is 674 g/mol. The third-order valence-corrected chi connectivity index (χ3v) is 9.43. The van der Waals surface area contributed by atoms with Gasteiger partial charge in [0.1, 0.15) is 5.76 Å². The molecule has 216 valence electrons. The van der Waals surface area contributed by atoms with Gasteiger partial charge in [0.05, 0.1) is 26.3 Å². The SMILES string of the molecule is CC1=C(C(=O)Nc2ccccc2)[C@H](c2ccc(Cl)cc2)n2c(s/c(=C/c3cc(Br)c(Sc4nc(C)cc(=O)[nH]4)o3)c2=O)=N1. The van der Waals surface area contributed by atoms with Crippen LogP contribution >= 0.6 is 50.6 Å². The molecule has 13 heteroatoms. The average Bonchev–Trinajstić information content (AvgIpc) is 3.45. The van der Waals surface area contributed by atoms with Gasteiger partial charge in [0, 0.05) is 28.5 Å². The Morgan fingerprint density at radius 3 is 2.60 bits per heavy atom. The number of aromatic amines is 1. The molecule has 1 amide bonds. The topological polar surface area (TPSA) is 122 Å². The quantitative estimate of drug-likeness (QED) is 0.229. The van der Waals surface area contributed by atoms with Crippen LogP contribution in [0.2, 0.25) is 5.02 Å². The molecule has 1 aliphatic heterocycles. The number of rotatable bonds is 6. The van der Waals surface area contributed by atoms with Gasteiger partial charge in [-0.2, -0.15) is 0 Å². The number of amides is 1. The molecule has 0 fully saturated rings. The maximum Gasteiger partial charge on any atom is 0.271 e. The highest BCUT2D eigenvalue weighted by Gasteiger charge is 2.32. The molecule has 0 saturated carbocycles. The van der Waals surface area contributed by atoms with Gasteiger partial charge in [-0.1, -0.05) is 53.3 Å². The van der Waals surface area contributed by atoms with Crippen molar-refractivity contribution in [3.05, 3.63) is 135 Å². The number of furan rings is 1. The molecule has 0 aliphatic carbocycles. The Balaban J connectivity index is 1.42. The predicted molar refractivity (Wildman–Crippen MR) is 170 cm³/mol. The highest BCUT2D eigenvalue weighted by atomic mass is 79.9. The summed E-state index contributed by atoms with van der Waals surface area (Å²) in [5.41, 5.74) is 2.18. The van der Waals surface area contributed by atoms with Gasteiger partial charge in [0.15, 0.2) is 15.1 Å². The van der Waals surface area contributed by atoms with E-state index >= 15 is 0 Å². The van der Waals surface area contributed by atoms with Crippen LogP contribution in [0, 0.1) is 6.92 Å². The van der Waals surface area contributed by atoms with E-state index in [2.05, 4.69) is 36.2 Å². The summed E-state index contributed by atoms with van der Waals surface area (Å²) in [7, 11) is 0. The molecule has 43 heavy (non-hydrogen) atoms. The first kappa shape index (κ1) is 29.1. The standard InChI is InChI=1S/C30H21BrClN5O4S2/c1-15-12-23(38)36-29(33-15)43-28-21(31)13-20(41-28)14-22-27(40)37-25(17-8-10-18(32)11-9-17)24(16(2)34-30(37)42-22)26(39)35-19-6-4-3-5-7-19/h3-14,25H,1-2H3,(H,35,39)(H,33,36,38)/b22-14+/t25-/m0/s1. The molecule has 3 aromatic heterocycles. The zero-order valence-electron chi connectivity index (χ0n) is 22.6. The minimum absolute atomic E-state index is 0.263. The fourth-order valence-corrected chi connectivity index (χ4v) is 7.13. The molecule has 6 rings (SSSR count). The Bertz CT molecular complexity index is 2150. The van der Waals surface area contributed by atoms with Crippen molar-refractivity contribution in [3.63, 3.8) is 0 Å². The number of nitrogens with zero attached hydrogens (tertiary/aromatic N) is 3. The van der Waals surface area contributed by atoms with Gasteiger partial charge in [0.2, 0.25) is 0 Å². The van der Waals surface area contributed by atoms with Crippen LogP contribution in [0.5, 0.6) is 0 Å². The van der Waals surface area contributed by atoms with E-state index in [0.717, 1.165) is 11.8 Å². The van der Waals surface area contributed by atoms with Crippen LogP contribution in [-0.4, -0.2) is 20.4 Å². The number of benzene rings is 2. The summed E-state index contributed by atoms with van der Waals surface area (Å²) in [5, 5.41) is 4.31. The van der Waals surface area contributed by atoms with Crippen molar-refractivity contribution < 1.29 is 9.21 Å². The van der Waals surface area contributed by atoms with Crippen LogP contribution < -0.4 is 25.8 Å². The van der Waals surface area contributed by atoms with E-state index in [1.54, 1.807) is 62.4 Å². The maximum atomic E-state index is 14.0. The van der Waals surface area contributed by atoms with Gasteiger partial charge >= 0.3 is 0 Å². The molecular formula is C30H21BrClN5O4S2. The Morgan fingerprint density at radius 2 is 1.88 bits per heavy atom. The molecule has 4 heterocycles. The number of nitrogens with one attached hydrogen (secondary N) is 2. The Hall–Kier alpha value is -3.97. The third-order valence-electron chi connectivity index (χ3n) is 6.47. The lowest BCUT2D eigenvalue weighted by Gasteiger charge is -2.25. The third kappa shape index (κ3) is 6.09. The largest absolute Gasteiger partial charge is 0.449 e. The van der Waals surface area contributed by atoms with Gasteiger partial charge < -0.3 is 14.7 Å². The van der Waals surface area contributed by atoms with E-state index in [1.165, 1.54) is 22.0 Å². The van der Waals surface area contributed by atoms with Crippen molar-refractivity contribution in [2.45, 2.75) is 30.1 Å². The average molecular weight is 695 g/mol. The zero-order valence-corrected chi connectivity index (χ0v) is 26.5. The Labute approximate surface area is 265 Å². The van der Waals surface area contributed by atoms with E-state index in [-0.39, 0.29) is 17.0 Å². The first-order valence-corrected chi connectivity index (χ1v) is 15.7. The molecule has 0 unspecified atom stereocenters. The van der Waals surface area contributed by atoms with Crippen molar-refractivity contribution in [2.24, 2.45) is 4.99 Å². The molecule has 9 nitrogen and oxygen atoms in total. The number of aromatic nitrogens is 3. The molecule has 0 bridgehead atoms. The number of carbonyl (C=O) groups excluding carboxylic acids is 1. The van der Waals surface area contributed by atoms with Gasteiger partial charge in [-0.05, 0) is 77.4 Å². The van der Waals surface area contributed by atoms with Gasteiger partial charge in [-0.15, -0.1) is 0 Å². The van der Waals surface area contributed by atoms with E-state index in [0.29, 0.717) is 63.1 Å². The molecule has 2 N–H and O–H groups in total. The van der Waals surface area contributed by atoms with Crippen LogP contribution in [0.3, 0.4) is 0 Å². The number of hydrogen-bond donors (Lipinski definition) is 2. The Morgan fingerprint density at radius 1 is 1.14 bits per heavy atom. The van der Waals surface area contributed by atoms with Crippen LogP contribution in [0.1, 0.15) is 30.0 Å². The smallest absolute Gasteiger partial charge is 0.271 e. The van der Waals surface area contributed by atoms with Gasteiger partial charge in [0.25, 0.3) is 17.0 Å². The Kier molecular flexibility index (Phi) is 8.10. The number of hydrogen-bond acceptors (Lipinski definition) is 8. The van der Waals surface area contributed by atoms with Crippen LogP contribution in [0.15, 0.2) is 112 Å². The van der Waals surface area contributed by atoms with Crippen molar-refractivity contribution in [1.82, 2.24) is 14.5 Å². The molecule has 1 atom stereocenters. The van der Waals surface area contributed by atoms with Crippen molar-refractivity contribution >= 4 is 68.3 Å². The molecule has 2 aromatic carbocycles. The molecule has 1 aliphatic rings. The lowest BCUT2D eigenvalue weighted by molar-refractivity contribution is -0.113. The highest BCUT2D eigenvalue weighted by Crippen LogP contribution is 2.35. The monoisotopic (exact) mass is 693 g/mol. The molecule has 5 aromatic rings. The summed E-state index contributed by atoms with van der Waals surface area (Å²) in [4.78, 5) is 51.6. The summed E-state index contributed by atoms with van der Waals surface area (Å²) >= 11 is 12.0. The van der Waals surface area contributed by atoms with Crippen LogP contribution in [0.25, 0.3) is 6.08 Å². The van der Waals surface area contributed by atoms with E-state index < -0.39 is 6.04 Å². The number of fused-ring (bicyclic) bond motifs is 1. The number of thiazole rings is 1. The summed E-state index contributed by atoms with van der Waals surface area (Å²) in [6.45, 7) is 3.49. The molecule has 0 radical (unpaired) electrons. The lowest BCUT2D eigenvalue weighted by Crippen LogP contribution is -2.40. The van der Waals surface area contributed by atoms with Crippen molar-refractivity contribution in [3.8, 4) is 0 Å². The first-order chi connectivity index (χ1) is 20.7. The second-order valence-corrected chi connectivity index (χ2v) is 12.8. The summed E-state index contributed by atoms with van der Waals surface area (Å²) in [6.07, 6.45) is 1.63. The van der Waals surface area contributed by atoms with Crippen LogP contribution in [0.4, 0.5) is 5.69 Å². The second-order valence-electron chi connectivity index (χ2n) is 9.53. The minimum Gasteiger partial charge on any atom is -0.449 e. The fourth-order valence-electron chi connectivity index (χ4n) is 4.62. The normalized spacial score (nSPS) is 14.9. The molecule has 0 saturated heterocycles. The van der Waals surface area contributed by atoms with Crippen molar-refractivity contribution in [1.29, 1.82) is 0 Å². The van der Waals surface area contributed by atoms with E-state index in [1.807, 2.05) is 18.2 Å². The number of para-hydroxylation sites is 1. The number of allylic oxidation sites excluding steroid dienone is 1. The van der Waals surface area contributed by atoms with Crippen LogP contribution in [-0.2, 0) is 4.79 Å². The van der Waals surface area contributed by atoms with Gasteiger partial charge in [-0.25, -0.2) is 9.98 Å². The number of aryl methyl sites for hydroxylation is 1. The number of halogens is 2. The van der Waals surface area contributed by atoms with Crippen molar-refractivity contribution in [2.75, 3.05) is 5.32 Å². The van der Waals surface area contributed by atoms with E-state index in [9.17, 15) is 14.4 Å². The summed E-state index contributed by atoms with van der Waals surface area (Å²) in [6, 6.07) is 18.6. The lowest BCUT2D eigenvalue weighted by atomic mass is 9.95. The number of anilines is 1. The summed E-state index contributed by atoms with van der Waals surface area (Å²) < 4.78 is 8.53.